The molecule has 0 aromatic heterocycles. The fraction of sp³-hybridized carbons (Fsp3) is 0.333. The summed E-state index contributed by atoms with van der Waals surface area (Å²) >= 11 is 0. The van der Waals surface area contributed by atoms with E-state index in [1.807, 2.05) is 0 Å². The van der Waals surface area contributed by atoms with Crippen molar-refractivity contribution in [3.05, 3.63) is 29.6 Å². The van der Waals surface area contributed by atoms with Gasteiger partial charge in [0, 0.05) is 18.0 Å². The first-order chi connectivity index (χ1) is 5.68. The highest BCUT2D eigenvalue weighted by Crippen LogP contribution is 2.40. The normalized spacial score (nSPS) is 27.2. The lowest BCUT2D eigenvalue weighted by Crippen LogP contribution is -2.02. The van der Waals surface area contributed by atoms with Gasteiger partial charge in [0.2, 0.25) is 0 Å². The number of hydrogen-bond acceptors (Lipinski definition) is 2. The van der Waals surface area contributed by atoms with E-state index in [2.05, 4.69) is 0 Å². The summed E-state index contributed by atoms with van der Waals surface area (Å²) in [5.74, 6) is -0.232. The molecule has 12 heavy (non-hydrogen) atoms. The summed E-state index contributed by atoms with van der Waals surface area (Å²) in [4.78, 5) is 0. The van der Waals surface area contributed by atoms with Crippen molar-refractivity contribution < 1.29 is 9.50 Å². The van der Waals surface area contributed by atoms with E-state index in [-0.39, 0.29) is 23.5 Å². The van der Waals surface area contributed by atoms with E-state index in [0.717, 1.165) is 12.5 Å². The van der Waals surface area contributed by atoms with Crippen molar-refractivity contribution in [1.82, 2.24) is 0 Å². The Bertz CT molecular complexity index is 313. The lowest BCUT2D eigenvalue weighted by atomic mass is 10.1. The molecule has 0 radical (unpaired) electrons. The van der Waals surface area contributed by atoms with Crippen molar-refractivity contribution in [2.75, 3.05) is 0 Å². The average molecular weight is 167 g/mol. The standard InChI is InChI=1S/C9H10FNO/c10-8-3-5(12)1-2-6(8)7-4-9(7)11/h1-3,7,9,12H,4,11H2/t7-,9+/m0/s1. The minimum atomic E-state index is -0.354. The van der Waals surface area contributed by atoms with Gasteiger partial charge < -0.3 is 10.8 Å². The molecule has 0 amide bonds. The summed E-state index contributed by atoms with van der Waals surface area (Å²) in [6, 6.07) is 4.32. The second kappa shape index (κ2) is 2.45. The quantitative estimate of drug-likeness (QED) is 0.663. The zero-order chi connectivity index (χ0) is 8.72. The largest absolute Gasteiger partial charge is 0.508 e. The van der Waals surface area contributed by atoms with Crippen LogP contribution in [0.2, 0.25) is 0 Å². The van der Waals surface area contributed by atoms with Gasteiger partial charge in [0.1, 0.15) is 11.6 Å². The van der Waals surface area contributed by atoms with Crippen molar-refractivity contribution >= 4 is 0 Å². The zero-order valence-electron chi connectivity index (χ0n) is 6.50. The molecule has 1 aliphatic carbocycles. The third-order valence-electron chi connectivity index (χ3n) is 2.22. The molecule has 1 aromatic carbocycles. The molecule has 3 N–H and O–H groups in total. The molecular formula is C9H10FNO. The third-order valence-corrected chi connectivity index (χ3v) is 2.22. The van der Waals surface area contributed by atoms with Gasteiger partial charge in [-0.05, 0) is 18.1 Å². The lowest BCUT2D eigenvalue weighted by molar-refractivity contribution is 0.468. The topological polar surface area (TPSA) is 46.2 Å². The molecule has 2 rings (SSSR count). The molecule has 1 aliphatic rings. The summed E-state index contributed by atoms with van der Waals surface area (Å²) < 4.78 is 13.1. The fourth-order valence-electron chi connectivity index (χ4n) is 1.39. The minimum absolute atomic E-state index is 0.0366. The van der Waals surface area contributed by atoms with Gasteiger partial charge in [-0.1, -0.05) is 6.07 Å². The Kier molecular flexibility index (Phi) is 1.54. The Morgan fingerprint density at radius 1 is 1.50 bits per heavy atom. The van der Waals surface area contributed by atoms with E-state index >= 15 is 0 Å². The Morgan fingerprint density at radius 2 is 2.17 bits per heavy atom. The number of rotatable bonds is 1. The maximum atomic E-state index is 13.1. The second-order valence-corrected chi connectivity index (χ2v) is 3.21. The number of nitrogens with two attached hydrogens (primary N) is 1. The van der Waals surface area contributed by atoms with Crippen molar-refractivity contribution in [2.45, 2.75) is 18.4 Å². The first-order valence-electron chi connectivity index (χ1n) is 3.92. The van der Waals surface area contributed by atoms with Gasteiger partial charge in [-0.25, -0.2) is 4.39 Å². The Labute approximate surface area is 69.8 Å². The summed E-state index contributed by atoms with van der Waals surface area (Å²) in [5.41, 5.74) is 6.20. The molecule has 0 saturated heterocycles. The van der Waals surface area contributed by atoms with Gasteiger partial charge in [-0.2, -0.15) is 0 Å². The van der Waals surface area contributed by atoms with Crippen LogP contribution in [0.3, 0.4) is 0 Å². The van der Waals surface area contributed by atoms with Crippen LogP contribution >= 0.6 is 0 Å². The molecule has 64 valence electrons. The molecule has 1 aromatic rings. The third kappa shape index (κ3) is 1.16. The van der Waals surface area contributed by atoms with Crippen LogP contribution in [0.5, 0.6) is 5.75 Å². The Hall–Kier alpha value is -1.09. The van der Waals surface area contributed by atoms with E-state index in [9.17, 15) is 4.39 Å². The maximum absolute atomic E-state index is 13.1. The van der Waals surface area contributed by atoms with Gasteiger partial charge in [0.25, 0.3) is 0 Å². The van der Waals surface area contributed by atoms with Crippen LogP contribution in [0.1, 0.15) is 17.9 Å². The van der Waals surface area contributed by atoms with Crippen LogP contribution in [-0.2, 0) is 0 Å². The molecule has 0 unspecified atom stereocenters. The lowest BCUT2D eigenvalue weighted by Gasteiger charge is -2.00. The first kappa shape index (κ1) is 7.55. The molecular weight excluding hydrogens is 157 g/mol. The van der Waals surface area contributed by atoms with Crippen LogP contribution in [0.4, 0.5) is 4.39 Å². The van der Waals surface area contributed by atoms with Gasteiger partial charge in [0.05, 0.1) is 0 Å². The van der Waals surface area contributed by atoms with E-state index in [1.54, 1.807) is 6.07 Å². The molecule has 3 heteroatoms. The van der Waals surface area contributed by atoms with Crippen molar-refractivity contribution in [3.8, 4) is 5.75 Å². The average Bonchev–Trinajstić information content (AvgIpc) is 2.66. The molecule has 1 saturated carbocycles. The number of phenolic OH excluding ortho intramolecular Hbond substituents is 1. The van der Waals surface area contributed by atoms with Crippen molar-refractivity contribution in [2.24, 2.45) is 5.73 Å². The van der Waals surface area contributed by atoms with Gasteiger partial charge in [-0.3, -0.25) is 0 Å². The van der Waals surface area contributed by atoms with E-state index in [4.69, 9.17) is 10.8 Å². The first-order valence-corrected chi connectivity index (χ1v) is 3.92. The SMILES string of the molecule is N[C@@H]1C[C@H]1c1ccc(O)cc1F. The Balaban J connectivity index is 2.33. The predicted octanol–water partition coefficient (Wildman–Crippen LogP) is 1.35. The van der Waals surface area contributed by atoms with Crippen LogP contribution in [0.15, 0.2) is 18.2 Å². The van der Waals surface area contributed by atoms with Crippen LogP contribution < -0.4 is 5.73 Å². The van der Waals surface area contributed by atoms with Crippen molar-refractivity contribution in [3.63, 3.8) is 0 Å². The van der Waals surface area contributed by atoms with Crippen LogP contribution in [0, 0.1) is 5.82 Å². The molecule has 1 fully saturated rings. The van der Waals surface area contributed by atoms with E-state index in [1.165, 1.54) is 6.07 Å². The molecule has 0 spiro atoms. The number of halogens is 1. The number of hydrogen-bond donors (Lipinski definition) is 2. The molecule has 2 atom stereocenters. The Morgan fingerprint density at radius 3 is 2.67 bits per heavy atom. The summed E-state index contributed by atoms with van der Waals surface area (Å²) in [7, 11) is 0. The highest BCUT2D eigenvalue weighted by atomic mass is 19.1. The van der Waals surface area contributed by atoms with Gasteiger partial charge >= 0.3 is 0 Å². The highest BCUT2D eigenvalue weighted by molar-refractivity contribution is 5.34. The summed E-state index contributed by atoms with van der Waals surface area (Å²) in [6.45, 7) is 0. The number of phenols is 1. The van der Waals surface area contributed by atoms with E-state index in [0.29, 0.717) is 5.56 Å². The molecule has 2 nitrogen and oxygen atoms in total. The zero-order valence-corrected chi connectivity index (χ0v) is 6.50. The monoisotopic (exact) mass is 167 g/mol. The fourth-order valence-corrected chi connectivity index (χ4v) is 1.39. The molecule has 0 bridgehead atoms. The smallest absolute Gasteiger partial charge is 0.130 e. The van der Waals surface area contributed by atoms with E-state index < -0.39 is 0 Å². The maximum Gasteiger partial charge on any atom is 0.130 e. The molecule has 0 heterocycles. The highest BCUT2D eigenvalue weighted by Gasteiger charge is 2.36. The minimum Gasteiger partial charge on any atom is -0.508 e. The van der Waals surface area contributed by atoms with Gasteiger partial charge in [0.15, 0.2) is 0 Å². The van der Waals surface area contributed by atoms with Crippen LogP contribution in [-0.4, -0.2) is 11.1 Å². The summed E-state index contributed by atoms with van der Waals surface area (Å²) in [6.07, 6.45) is 0.849. The van der Waals surface area contributed by atoms with Crippen molar-refractivity contribution in [1.29, 1.82) is 0 Å². The van der Waals surface area contributed by atoms with Gasteiger partial charge in [-0.15, -0.1) is 0 Å². The second-order valence-electron chi connectivity index (χ2n) is 3.21. The summed E-state index contributed by atoms with van der Waals surface area (Å²) in [5, 5.41) is 8.93. The molecule has 0 aliphatic heterocycles. The number of aromatic hydroxyl groups is 1. The van der Waals surface area contributed by atoms with Crippen LogP contribution in [0.25, 0.3) is 0 Å². The predicted molar refractivity (Wildman–Crippen MR) is 43.4 cm³/mol. The number of benzene rings is 1.